The van der Waals surface area contributed by atoms with E-state index in [9.17, 15) is 4.79 Å². The summed E-state index contributed by atoms with van der Waals surface area (Å²) in [5, 5.41) is 9.99. The molecule has 0 atom stereocenters. The van der Waals surface area contributed by atoms with Gasteiger partial charge in [-0.05, 0) is 23.6 Å². The topological polar surface area (TPSA) is 66.3 Å². The Kier molecular flexibility index (Phi) is 4.77. The van der Waals surface area contributed by atoms with Crippen molar-refractivity contribution in [1.82, 2.24) is 24.5 Å². The molecule has 3 aromatic heterocycles. The predicted octanol–water partition coefficient (Wildman–Crippen LogP) is 3.58. The van der Waals surface area contributed by atoms with Gasteiger partial charge in [-0.2, -0.15) is 0 Å². The second-order valence-corrected chi connectivity index (χ2v) is 7.67. The van der Waals surface area contributed by atoms with Gasteiger partial charge < -0.3 is 4.90 Å². The average Bonchev–Trinajstić information content (AvgIpc) is 3.36. The first-order valence-electron chi connectivity index (χ1n) is 8.11. The monoisotopic (exact) mass is 383 g/mol. The highest BCUT2D eigenvalue weighted by molar-refractivity contribution is 7.99. The maximum absolute atomic E-state index is 12.7. The van der Waals surface area contributed by atoms with Gasteiger partial charge in [0.25, 0.3) is 0 Å². The number of rotatable bonds is 7. The molecule has 6 nitrogen and oxygen atoms in total. The van der Waals surface area contributed by atoms with Crippen LogP contribution in [0.5, 0.6) is 0 Å². The first-order valence-corrected chi connectivity index (χ1v) is 9.98. The first kappa shape index (κ1) is 16.9. The molecule has 0 fully saturated rings. The summed E-state index contributed by atoms with van der Waals surface area (Å²) in [5.74, 6) is 1.05. The smallest absolute Gasteiger partial charge is 0.233 e. The molecule has 1 amide bonds. The van der Waals surface area contributed by atoms with Crippen LogP contribution in [0.2, 0.25) is 0 Å². The summed E-state index contributed by atoms with van der Waals surface area (Å²) in [6.07, 6.45) is 1.76. The van der Waals surface area contributed by atoms with Gasteiger partial charge in [0.1, 0.15) is 0 Å². The number of fused-ring (bicyclic) bond motifs is 3. The number of nitrogens with zero attached hydrogens (tertiary/aromatic N) is 4. The van der Waals surface area contributed by atoms with E-state index in [2.05, 4.69) is 21.8 Å². The number of hydrogen-bond acceptors (Lipinski definition) is 5. The van der Waals surface area contributed by atoms with Crippen LogP contribution in [0.4, 0.5) is 0 Å². The Morgan fingerprint density at radius 2 is 2.23 bits per heavy atom. The fourth-order valence-corrected chi connectivity index (χ4v) is 4.34. The zero-order chi connectivity index (χ0) is 17.9. The summed E-state index contributed by atoms with van der Waals surface area (Å²) in [4.78, 5) is 20.2. The van der Waals surface area contributed by atoms with Crippen molar-refractivity contribution >= 4 is 45.8 Å². The van der Waals surface area contributed by atoms with Crippen LogP contribution >= 0.6 is 23.1 Å². The lowest BCUT2D eigenvalue weighted by Crippen LogP contribution is -2.31. The molecule has 8 heteroatoms. The zero-order valence-electron chi connectivity index (χ0n) is 14.0. The molecule has 4 rings (SSSR count). The van der Waals surface area contributed by atoms with Crippen LogP contribution in [0.3, 0.4) is 0 Å². The normalized spacial score (nSPS) is 11.2. The van der Waals surface area contributed by atoms with Gasteiger partial charge in [-0.3, -0.25) is 9.20 Å². The standard InChI is InChI=1S/C18H17N5OS2/c1-2-9-22(11-13-6-5-10-25-13)16(24)12-26-18-21-20-17-19-14-7-3-4-8-15(14)23(17)18/h2-8,10H,1,9,11-12H2,(H,19,20). The van der Waals surface area contributed by atoms with E-state index < -0.39 is 0 Å². The zero-order valence-corrected chi connectivity index (χ0v) is 15.6. The number of nitrogens with one attached hydrogen (secondary N) is 1. The number of aromatic nitrogens is 4. The summed E-state index contributed by atoms with van der Waals surface area (Å²) in [6, 6.07) is 11.9. The number of para-hydroxylation sites is 2. The Morgan fingerprint density at radius 1 is 1.35 bits per heavy atom. The van der Waals surface area contributed by atoms with E-state index in [-0.39, 0.29) is 5.91 Å². The molecule has 0 radical (unpaired) electrons. The second kappa shape index (κ2) is 7.35. The van der Waals surface area contributed by atoms with Crippen LogP contribution in [-0.4, -0.2) is 42.7 Å². The van der Waals surface area contributed by atoms with Gasteiger partial charge in [0.2, 0.25) is 11.7 Å². The number of benzene rings is 1. The van der Waals surface area contributed by atoms with Gasteiger partial charge in [-0.15, -0.1) is 23.0 Å². The molecule has 0 saturated heterocycles. The van der Waals surface area contributed by atoms with Gasteiger partial charge in [0.15, 0.2) is 5.16 Å². The minimum atomic E-state index is 0.0591. The Morgan fingerprint density at radius 3 is 3.04 bits per heavy atom. The number of carbonyl (C=O) groups excluding carboxylic acids is 1. The van der Waals surface area contributed by atoms with Crippen molar-refractivity contribution in [2.24, 2.45) is 0 Å². The third-order valence-corrected chi connectivity index (χ3v) is 5.74. The van der Waals surface area contributed by atoms with Gasteiger partial charge in [0.05, 0.1) is 23.3 Å². The minimum Gasteiger partial charge on any atom is -0.333 e. The lowest BCUT2D eigenvalue weighted by Gasteiger charge is -2.20. The summed E-state index contributed by atoms with van der Waals surface area (Å²) in [7, 11) is 0. The molecule has 0 aliphatic rings. The average molecular weight is 384 g/mol. The molecule has 0 unspecified atom stereocenters. The maximum atomic E-state index is 12.7. The van der Waals surface area contributed by atoms with E-state index >= 15 is 0 Å². The summed E-state index contributed by atoms with van der Waals surface area (Å²) < 4.78 is 1.95. The quantitative estimate of drug-likeness (QED) is 0.391. The molecule has 1 aromatic carbocycles. The lowest BCUT2D eigenvalue weighted by molar-refractivity contribution is -0.128. The van der Waals surface area contributed by atoms with Gasteiger partial charge >= 0.3 is 0 Å². The Labute approximate surface area is 158 Å². The number of thiophene rings is 1. The van der Waals surface area contributed by atoms with Crippen LogP contribution in [0, 0.1) is 0 Å². The number of amides is 1. The van der Waals surface area contributed by atoms with E-state index in [1.165, 1.54) is 11.8 Å². The van der Waals surface area contributed by atoms with Crippen LogP contribution in [0.25, 0.3) is 16.8 Å². The molecule has 3 heterocycles. The Hall–Kier alpha value is -2.58. The number of thioether (sulfide) groups is 1. The van der Waals surface area contributed by atoms with Crippen molar-refractivity contribution < 1.29 is 4.79 Å². The lowest BCUT2D eigenvalue weighted by atomic mass is 10.3. The second-order valence-electron chi connectivity index (χ2n) is 5.70. The molecule has 0 spiro atoms. The third-order valence-electron chi connectivity index (χ3n) is 3.96. The number of imidazole rings is 1. The molecule has 26 heavy (non-hydrogen) atoms. The summed E-state index contributed by atoms with van der Waals surface area (Å²) >= 11 is 3.06. The SMILES string of the molecule is C=CCN(Cc1cccs1)C(=O)CSc1n[nH]c2nc3ccccc3n12. The van der Waals surface area contributed by atoms with Crippen LogP contribution in [0.1, 0.15) is 4.88 Å². The van der Waals surface area contributed by atoms with E-state index in [4.69, 9.17) is 0 Å². The Balaban J connectivity index is 1.51. The molecule has 0 saturated carbocycles. The van der Waals surface area contributed by atoms with Crippen molar-refractivity contribution in [1.29, 1.82) is 0 Å². The number of aromatic amines is 1. The Bertz CT molecular complexity index is 1050. The van der Waals surface area contributed by atoms with Crippen molar-refractivity contribution in [2.45, 2.75) is 11.7 Å². The maximum Gasteiger partial charge on any atom is 0.233 e. The van der Waals surface area contributed by atoms with Gasteiger partial charge in [-0.1, -0.05) is 36.0 Å². The highest BCUT2D eigenvalue weighted by atomic mass is 32.2. The summed E-state index contributed by atoms with van der Waals surface area (Å²) in [6.45, 7) is 4.90. The van der Waals surface area contributed by atoms with Crippen molar-refractivity contribution in [3.8, 4) is 0 Å². The van der Waals surface area contributed by atoms with E-state index in [0.717, 1.165) is 21.1 Å². The van der Waals surface area contributed by atoms with E-state index in [1.807, 2.05) is 51.1 Å². The van der Waals surface area contributed by atoms with Crippen LogP contribution in [0.15, 0.2) is 59.6 Å². The molecule has 4 aromatic rings. The number of H-pyrrole nitrogens is 1. The predicted molar refractivity (Wildman–Crippen MR) is 106 cm³/mol. The first-order chi connectivity index (χ1) is 12.8. The molecule has 132 valence electrons. The van der Waals surface area contributed by atoms with Crippen molar-refractivity contribution in [3.63, 3.8) is 0 Å². The van der Waals surface area contributed by atoms with E-state index in [0.29, 0.717) is 24.6 Å². The summed E-state index contributed by atoms with van der Waals surface area (Å²) in [5.41, 5.74) is 1.88. The number of carbonyl (C=O) groups is 1. The molecule has 0 aliphatic carbocycles. The molecule has 0 aliphatic heterocycles. The third kappa shape index (κ3) is 3.25. The fourth-order valence-electron chi connectivity index (χ4n) is 2.76. The van der Waals surface area contributed by atoms with Gasteiger partial charge in [0, 0.05) is 11.4 Å². The van der Waals surface area contributed by atoms with Crippen molar-refractivity contribution in [2.75, 3.05) is 12.3 Å². The minimum absolute atomic E-state index is 0.0591. The van der Waals surface area contributed by atoms with Crippen LogP contribution < -0.4 is 0 Å². The van der Waals surface area contributed by atoms with Crippen molar-refractivity contribution in [3.05, 3.63) is 59.3 Å². The van der Waals surface area contributed by atoms with E-state index in [1.54, 1.807) is 17.4 Å². The number of hydrogen-bond donors (Lipinski definition) is 1. The molecule has 1 N–H and O–H groups in total. The molecule has 0 bridgehead atoms. The van der Waals surface area contributed by atoms with Gasteiger partial charge in [-0.25, -0.2) is 10.1 Å². The van der Waals surface area contributed by atoms with Crippen LogP contribution in [-0.2, 0) is 11.3 Å². The largest absolute Gasteiger partial charge is 0.333 e. The fraction of sp³-hybridized carbons (Fsp3) is 0.167. The molecular formula is C18H17N5OS2. The highest BCUT2D eigenvalue weighted by Gasteiger charge is 2.17. The molecular weight excluding hydrogens is 366 g/mol. The highest BCUT2D eigenvalue weighted by Crippen LogP contribution is 2.23.